The average Bonchev–Trinajstić information content (AvgIpc) is 2.61. The van der Waals surface area contributed by atoms with Crippen LogP contribution in [-0.4, -0.2) is 68.3 Å². The van der Waals surface area contributed by atoms with E-state index in [1.807, 2.05) is 5.32 Å². The van der Waals surface area contributed by atoms with Gasteiger partial charge in [0, 0.05) is 0 Å². The van der Waals surface area contributed by atoms with Crippen LogP contribution in [0, 0.1) is 0 Å². The van der Waals surface area contributed by atoms with E-state index in [1.165, 1.54) is 24.3 Å². The normalized spacial score (nSPS) is 13.6. The van der Waals surface area contributed by atoms with Crippen molar-refractivity contribution in [3.8, 4) is 5.75 Å². The molecule has 8 N–H and O–H groups in total. The molecule has 0 fully saturated rings. The second-order valence-corrected chi connectivity index (χ2v) is 6.13. The Morgan fingerprint density at radius 3 is 1.79 bits per heavy atom. The van der Waals surface area contributed by atoms with Crippen LogP contribution in [0.5, 0.6) is 5.75 Å². The summed E-state index contributed by atoms with van der Waals surface area (Å²) in [6, 6.07) is 1.17. The van der Waals surface area contributed by atoms with Gasteiger partial charge in [-0.3, -0.25) is 19.2 Å². The van der Waals surface area contributed by atoms with Crippen LogP contribution in [0.1, 0.15) is 18.4 Å². The summed E-state index contributed by atoms with van der Waals surface area (Å²) in [5.74, 6) is -6.62. The minimum Gasteiger partial charge on any atom is -0.508 e. The average molecular weight is 411 g/mol. The van der Waals surface area contributed by atoms with Crippen molar-refractivity contribution < 1.29 is 44.4 Å². The highest BCUT2D eigenvalue weighted by molar-refractivity contribution is 5.94. The van der Waals surface area contributed by atoms with Gasteiger partial charge in [-0.05, 0) is 24.1 Å². The molecule has 1 aromatic rings. The van der Waals surface area contributed by atoms with Gasteiger partial charge < -0.3 is 36.8 Å². The molecule has 1 aromatic carbocycles. The third kappa shape index (κ3) is 8.26. The van der Waals surface area contributed by atoms with Crippen LogP contribution in [0.25, 0.3) is 0 Å². The van der Waals surface area contributed by atoms with Crippen LogP contribution >= 0.6 is 0 Å². The van der Waals surface area contributed by atoms with Crippen LogP contribution in [0.15, 0.2) is 24.3 Å². The van der Waals surface area contributed by atoms with Crippen LogP contribution < -0.4 is 16.4 Å². The Morgan fingerprint density at radius 2 is 1.31 bits per heavy atom. The second-order valence-electron chi connectivity index (χ2n) is 6.13. The molecule has 3 atom stereocenters. The van der Waals surface area contributed by atoms with E-state index in [1.54, 1.807) is 0 Å². The molecular formula is C17H21N3O9. The number of carboxylic acid groups (broad SMARTS) is 3. The standard InChI is InChI=1S/C17H21N3O9/c18-10(5-8-1-3-9(21)4-2-8)15(26)19-11(6-13(22)23)16(27)20-12(17(28)29)7-14(24)25/h1-4,10-12,21H,5-7,18H2,(H,19,26)(H,20,27)(H,22,23)(H,24,25)(H,28,29)/t10-,11-,12-/m0/s1. The van der Waals surface area contributed by atoms with Crippen molar-refractivity contribution in [1.82, 2.24) is 10.6 Å². The SMILES string of the molecule is N[C@@H](Cc1ccc(O)cc1)C(=O)N[C@@H](CC(=O)O)C(=O)N[C@@H](CC(=O)O)C(=O)O. The molecule has 0 bridgehead atoms. The Morgan fingerprint density at radius 1 is 0.828 bits per heavy atom. The minimum absolute atomic E-state index is 0.0133. The Balaban J connectivity index is 2.82. The second kappa shape index (κ2) is 10.6. The van der Waals surface area contributed by atoms with Crippen LogP contribution in [-0.2, 0) is 30.4 Å². The summed E-state index contributed by atoms with van der Waals surface area (Å²) in [6.07, 6.45) is -1.79. The predicted octanol–water partition coefficient (Wildman–Crippen LogP) is -1.73. The maximum absolute atomic E-state index is 12.2. The van der Waals surface area contributed by atoms with Crippen LogP contribution in [0.4, 0.5) is 0 Å². The van der Waals surface area contributed by atoms with Crippen molar-refractivity contribution >= 4 is 29.7 Å². The van der Waals surface area contributed by atoms with Gasteiger partial charge in [0.2, 0.25) is 11.8 Å². The molecule has 0 aliphatic heterocycles. The fourth-order valence-electron chi connectivity index (χ4n) is 2.29. The lowest BCUT2D eigenvalue weighted by atomic mass is 10.0. The summed E-state index contributed by atoms with van der Waals surface area (Å²) in [5, 5.41) is 39.9. The number of aliphatic carboxylic acids is 3. The Hall–Kier alpha value is -3.67. The predicted molar refractivity (Wildman–Crippen MR) is 95.8 cm³/mol. The van der Waals surface area contributed by atoms with Gasteiger partial charge in [0.15, 0.2) is 0 Å². The maximum atomic E-state index is 12.2. The molecule has 0 aliphatic rings. The quantitative estimate of drug-likeness (QED) is 0.218. The lowest BCUT2D eigenvalue weighted by Crippen LogP contribution is -2.55. The molecular weight excluding hydrogens is 390 g/mol. The molecule has 12 heteroatoms. The smallest absolute Gasteiger partial charge is 0.326 e. The number of benzene rings is 1. The highest BCUT2D eigenvalue weighted by Gasteiger charge is 2.30. The molecule has 0 saturated heterocycles. The van der Waals surface area contributed by atoms with Crippen molar-refractivity contribution in [3.05, 3.63) is 29.8 Å². The number of carbonyl (C=O) groups excluding carboxylic acids is 2. The van der Waals surface area contributed by atoms with Gasteiger partial charge in [-0.2, -0.15) is 0 Å². The summed E-state index contributed by atoms with van der Waals surface area (Å²) in [5.41, 5.74) is 6.35. The first-order valence-electron chi connectivity index (χ1n) is 8.30. The summed E-state index contributed by atoms with van der Waals surface area (Å²) in [7, 11) is 0. The number of carboxylic acids is 3. The molecule has 12 nitrogen and oxygen atoms in total. The molecule has 0 aromatic heterocycles. The zero-order valence-corrected chi connectivity index (χ0v) is 15.1. The van der Waals surface area contributed by atoms with Crippen LogP contribution in [0.3, 0.4) is 0 Å². The summed E-state index contributed by atoms with van der Waals surface area (Å²) >= 11 is 0. The van der Waals surface area contributed by atoms with Crippen molar-refractivity contribution in [1.29, 1.82) is 0 Å². The number of hydrogen-bond acceptors (Lipinski definition) is 7. The van der Waals surface area contributed by atoms with Gasteiger partial charge in [-0.1, -0.05) is 12.1 Å². The van der Waals surface area contributed by atoms with Crippen molar-refractivity contribution in [2.45, 2.75) is 37.4 Å². The molecule has 0 spiro atoms. The topological polar surface area (TPSA) is 216 Å². The maximum Gasteiger partial charge on any atom is 0.326 e. The molecule has 0 radical (unpaired) electrons. The van der Waals surface area contributed by atoms with Crippen LogP contribution in [0.2, 0.25) is 0 Å². The van der Waals surface area contributed by atoms with E-state index in [2.05, 4.69) is 5.32 Å². The monoisotopic (exact) mass is 411 g/mol. The Labute approximate surface area is 164 Å². The molecule has 1 rings (SSSR count). The van der Waals surface area contributed by atoms with E-state index < -0.39 is 60.7 Å². The zero-order chi connectivity index (χ0) is 22.1. The number of hydrogen-bond donors (Lipinski definition) is 7. The first kappa shape index (κ1) is 23.4. The van der Waals surface area contributed by atoms with Crippen molar-refractivity contribution in [3.63, 3.8) is 0 Å². The van der Waals surface area contributed by atoms with E-state index in [0.29, 0.717) is 5.56 Å². The van der Waals surface area contributed by atoms with E-state index in [0.717, 1.165) is 0 Å². The van der Waals surface area contributed by atoms with E-state index >= 15 is 0 Å². The summed E-state index contributed by atoms with van der Waals surface area (Å²) < 4.78 is 0. The van der Waals surface area contributed by atoms with Gasteiger partial charge >= 0.3 is 17.9 Å². The number of rotatable bonds is 11. The van der Waals surface area contributed by atoms with Crippen molar-refractivity contribution in [2.24, 2.45) is 5.73 Å². The fourth-order valence-corrected chi connectivity index (χ4v) is 2.29. The highest BCUT2D eigenvalue weighted by atomic mass is 16.4. The fraction of sp³-hybridized carbons (Fsp3) is 0.353. The molecule has 158 valence electrons. The van der Waals surface area contributed by atoms with Crippen molar-refractivity contribution in [2.75, 3.05) is 0 Å². The van der Waals surface area contributed by atoms with E-state index in [9.17, 15) is 29.1 Å². The number of aromatic hydroxyl groups is 1. The number of phenolic OH excluding ortho intramolecular Hbond substituents is 1. The third-order valence-electron chi connectivity index (χ3n) is 3.73. The molecule has 2 amide bonds. The van der Waals surface area contributed by atoms with Gasteiger partial charge in [0.25, 0.3) is 0 Å². The molecule has 0 unspecified atom stereocenters. The lowest BCUT2D eigenvalue weighted by molar-refractivity contribution is -0.148. The van der Waals surface area contributed by atoms with E-state index in [-0.39, 0.29) is 12.2 Å². The van der Waals surface area contributed by atoms with Gasteiger partial charge in [0.05, 0.1) is 18.9 Å². The molecule has 0 heterocycles. The Kier molecular flexibility index (Phi) is 8.55. The molecule has 0 saturated carbocycles. The molecule has 29 heavy (non-hydrogen) atoms. The summed E-state index contributed by atoms with van der Waals surface area (Å²) in [4.78, 5) is 57.2. The first-order valence-corrected chi connectivity index (χ1v) is 8.30. The number of nitrogens with two attached hydrogens (primary N) is 1. The molecule has 0 aliphatic carbocycles. The first-order chi connectivity index (χ1) is 13.5. The third-order valence-corrected chi connectivity index (χ3v) is 3.73. The van der Waals surface area contributed by atoms with Gasteiger partial charge in [0.1, 0.15) is 17.8 Å². The number of phenols is 1. The van der Waals surface area contributed by atoms with Gasteiger partial charge in [-0.15, -0.1) is 0 Å². The lowest BCUT2D eigenvalue weighted by Gasteiger charge is -2.21. The summed E-state index contributed by atoms with van der Waals surface area (Å²) in [6.45, 7) is 0. The largest absolute Gasteiger partial charge is 0.508 e. The number of amides is 2. The minimum atomic E-state index is -1.81. The number of nitrogens with one attached hydrogen (secondary N) is 2. The highest BCUT2D eigenvalue weighted by Crippen LogP contribution is 2.11. The number of carbonyl (C=O) groups is 5. The van der Waals surface area contributed by atoms with E-state index in [4.69, 9.17) is 21.1 Å². The zero-order valence-electron chi connectivity index (χ0n) is 15.1. The Bertz CT molecular complexity index is 779. The van der Waals surface area contributed by atoms with Gasteiger partial charge in [-0.25, -0.2) is 4.79 Å².